The molecule has 0 aliphatic heterocycles. The molecular weight excluding hydrogens is 405 g/mol. The third-order valence-corrected chi connectivity index (χ3v) is 5.86. The average molecular weight is 421 g/mol. The molecule has 2 rings (SSSR count). The van der Waals surface area contributed by atoms with Crippen molar-refractivity contribution in [2.24, 2.45) is 0 Å². The fourth-order valence-corrected chi connectivity index (χ4v) is 4.54. The number of nitrogens with one attached hydrogen (secondary N) is 1. The lowest BCUT2D eigenvalue weighted by molar-refractivity contribution is 0.584. The fourth-order valence-electron chi connectivity index (χ4n) is 2.07. The van der Waals surface area contributed by atoms with Crippen LogP contribution < -0.4 is 5.32 Å². The summed E-state index contributed by atoms with van der Waals surface area (Å²) in [6.45, 7) is 5.09. The lowest BCUT2D eigenvalue weighted by Gasteiger charge is -2.20. The fraction of sp³-hybridized carbons (Fsp3) is 0.333. The molecule has 0 fully saturated rings. The van der Waals surface area contributed by atoms with Crippen molar-refractivity contribution in [3.63, 3.8) is 0 Å². The second-order valence-corrected chi connectivity index (χ2v) is 7.53. The van der Waals surface area contributed by atoms with Gasteiger partial charge in [-0.1, -0.05) is 19.1 Å². The highest BCUT2D eigenvalue weighted by Crippen LogP contribution is 2.38. The molecule has 0 saturated heterocycles. The SMILES string of the molecule is CCCNC(c1cccc(F)c1Br)c1sc(C)cc1Br. The van der Waals surface area contributed by atoms with Crippen molar-refractivity contribution in [3.8, 4) is 0 Å². The average Bonchev–Trinajstić information content (AvgIpc) is 2.74. The summed E-state index contributed by atoms with van der Waals surface area (Å²) in [5, 5.41) is 3.51. The summed E-state index contributed by atoms with van der Waals surface area (Å²) in [6.07, 6.45) is 1.03. The molecule has 0 bridgehead atoms. The molecule has 0 saturated carbocycles. The normalized spacial score (nSPS) is 12.7. The molecule has 2 aromatic rings. The van der Waals surface area contributed by atoms with E-state index in [0.717, 1.165) is 23.0 Å². The van der Waals surface area contributed by atoms with Gasteiger partial charge in [0.05, 0.1) is 10.5 Å². The van der Waals surface area contributed by atoms with Gasteiger partial charge in [-0.3, -0.25) is 0 Å². The number of aryl methyl sites for hydroxylation is 1. The Labute approximate surface area is 139 Å². The molecule has 1 N–H and O–H groups in total. The topological polar surface area (TPSA) is 12.0 Å². The molecule has 108 valence electrons. The first-order chi connectivity index (χ1) is 9.54. The third kappa shape index (κ3) is 3.50. The molecular formula is C15H16Br2FNS. The maximum atomic E-state index is 13.8. The zero-order valence-corrected chi connectivity index (χ0v) is 15.3. The number of rotatable bonds is 5. The van der Waals surface area contributed by atoms with Gasteiger partial charge in [0, 0.05) is 14.2 Å². The van der Waals surface area contributed by atoms with Crippen molar-refractivity contribution in [3.05, 3.63) is 54.3 Å². The number of halogens is 3. The summed E-state index contributed by atoms with van der Waals surface area (Å²) < 4.78 is 15.4. The number of hydrogen-bond donors (Lipinski definition) is 1. The Hall–Kier alpha value is -0.230. The van der Waals surface area contributed by atoms with Crippen LogP contribution in [0.3, 0.4) is 0 Å². The van der Waals surface area contributed by atoms with Crippen LogP contribution in [0, 0.1) is 12.7 Å². The van der Waals surface area contributed by atoms with Crippen LogP contribution in [0.25, 0.3) is 0 Å². The van der Waals surface area contributed by atoms with Gasteiger partial charge in [-0.15, -0.1) is 11.3 Å². The molecule has 5 heteroatoms. The van der Waals surface area contributed by atoms with E-state index in [1.165, 1.54) is 15.8 Å². The summed E-state index contributed by atoms with van der Waals surface area (Å²) in [6, 6.07) is 7.28. The number of benzene rings is 1. The highest BCUT2D eigenvalue weighted by Gasteiger charge is 2.22. The van der Waals surface area contributed by atoms with Crippen LogP contribution in [-0.4, -0.2) is 6.54 Å². The Kier molecular flexibility index (Phi) is 5.78. The molecule has 0 aliphatic carbocycles. The summed E-state index contributed by atoms with van der Waals surface area (Å²) in [5.74, 6) is -0.227. The minimum absolute atomic E-state index is 0.00639. The maximum absolute atomic E-state index is 13.8. The Morgan fingerprint density at radius 3 is 2.70 bits per heavy atom. The van der Waals surface area contributed by atoms with E-state index in [9.17, 15) is 4.39 Å². The second kappa shape index (κ2) is 7.16. The molecule has 1 atom stereocenters. The van der Waals surface area contributed by atoms with Gasteiger partial charge >= 0.3 is 0 Å². The van der Waals surface area contributed by atoms with Crippen molar-refractivity contribution in [2.75, 3.05) is 6.54 Å². The van der Waals surface area contributed by atoms with Crippen molar-refractivity contribution in [2.45, 2.75) is 26.3 Å². The van der Waals surface area contributed by atoms with Gasteiger partial charge in [0.1, 0.15) is 5.82 Å². The highest BCUT2D eigenvalue weighted by atomic mass is 79.9. The van der Waals surface area contributed by atoms with Gasteiger partial charge in [-0.2, -0.15) is 0 Å². The van der Waals surface area contributed by atoms with E-state index >= 15 is 0 Å². The number of thiophene rings is 1. The van der Waals surface area contributed by atoms with E-state index in [1.54, 1.807) is 17.4 Å². The van der Waals surface area contributed by atoms with Crippen LogP contribution in [-0.2, 0) is 0 Å². The first-order valence-corrected chi connectivity index (χ1v) is 8.88. The molecule has 1 heterocycles. The largest absolute Gasteiger partial charge is 0.306 e. The molecule has 1 nitrogen and oxygen atoms in total. The zero-order chi connectivity index (χ0) is 14.7. The predicted molar refractivity (Wildman–Crippen MR) is 91.0 cm³/mol. The lowest BCUT2D eigenvalue weighted by atomic mass is 10.0. The molecule has 1 unspecified atom stereocenters. The monoisotopic (exact) mass is 419 g/mol. The maximum Gasteiger partial charge on any atom is 0.137 e. The molecule has 1 aromatic carbocycles. The Balaban J connectivity index is 2.47. The molecule has 1 aromatic heterocycles. The standard InChI is InChI=1S/C15H16Br2FNS/c1-3-7-19-14(15-11(16)8-9(2)20-15)10-5-4-6-12(18)13(10)17/h4-6,8,14,19H,3,7H2,1-2H3. The lowest BCUT2D eigenvalue weighted by Crippen LogP contribution is -2.23. The minimum Gasteiger partial charge on any atom is -0.306 e. The molecule has 0 spiro atoms. The Morgan fingerprint density at radius 2 is 2.10 bits per heavy atom. The van der Waals surface area contributed by atoms with E-state index in [0.29, 0.717) is 4.47 Å². The van der Waals surface area contributed by atoms with Crippen molar-refractivity contribution in [1.82, 2.24) is 5.32 Å². The van der Waals surface area contributed by atoms with Crippen LogP contribution >= 0.6 is 43.2 Å². The van der Waals surface area contributed by atoms with E-state index in [4.69, 9.17) is 0 Å². The summed E-state index contributed by atoms with van der Waals surface area (Å²) in [4.78, 5) is 2.42. The Bertz CT molecular complexity index is 598. The van der Waals surface area contributed by atoms with Crippen molar-refractivity contribution in [1.29, 1.82) is 0 Å². The van der Waals surface area contributed by atoms with E-state index in [2.05, 4.69) is 57.1 Å². The van der Waals surface area contributed by atoms with E-state index in [1.807, 2.05) is 6.07 Å². The Morgan fingerprint density at radius 1 is 1.35 bits per heavy atom. The summed E-state index contributed by atoms with van der Waals surface area (Å²) in [5.41, 5.74) is 0.931. The predicted octanol–water partition coefficient (Wildman–Crippen LogP) is 5.81. The van der Waals surface area contributed by atoms with Crippen molar-refractivity contribution < 1.29 is 4.39 Å². The minimum atomic E-state index is -0.227. The van der Waals surface area contributed by atoms with Gasteiger partial charge in [0.15, 0.2) is 0 Å². The van der Waals surface area contributed by atoms with Gasteiger partial charge in [-0.05, 0) is 69.4 Å². The summed E-state index contributed by atoms with van der Waals surface area (Å²) in [7, 11) is 0. The molecule has 0 aliphatic rings. The van der Waals surface area contributed by atoms with Crippen LogP contribution in [0.2, 0.25) is 0 Å². The molecule has 0 amide bonds. The van der Waals surface area contributed by atoms with Crippen molar-refractivity contribution >= 4 is 43.2 Å². The summed E-state index contributed by atoms with van der Waals surface area (Å²) >= 11 is 8.72. The van der Waals surface area contributed by atoms with Crippen LogP contribution in [0.15, 0.2) is 33.2 Å². The number of hydrogen-bond acceptors (Lipinski definition) is 2. The molecule has 0 radical (unpaired) electrons. The van der Waals surface area contributed by atoms with Gasteiger partial charge in [-0.25, -0.2) is 4.39 Å². The highest BCUT2D eigenvalue weighted by molar-refractivity contribution is 9.10. The van der Waals surface area contributed by atoms with E-state index in [-0.39, 0.29) is 11.9 Å². The van der Waals surface area contributed by atoms with Crippen LogP contribution in [0.4, 0.5) is 4.39 Å². The quantitative estimate of drug-likeness (QED) is 0.643. The first-order valence-electron chi connectivity index (χ1n) is 6.47. The van der Waals surface area contributed by atoms with Gasteiger partial charge in [0.2, 0.25) is 0 Å². The zero-order valence-electron chi connectivity index (χ0n) is 11.3. The first kappa shape index (κ1) is 16.1. The van der Waals surface area contributed by atoms with Gasteiger partial charge < -0.3 is 5.32 Å². The van der Waals surface area contributed by atoms with Crippen LogP contribution in [0.5, 0.6) is 0 Å². The van der Waals surface area contributed by atoms with Crippen LogP contribution in [0.1, 0.15) is 34.7 Å². The van der Waals surface area contributed by atoms with E-state index < -0.39 is 0 Å². The smallest absolute Gasteiger partial charge is 0.137 e. The molecule has 20 heavy (non-hydrogen) atoms. The second-order valence-electron chi connectivity index (χ2n) is 4.60. The van der Waals surface area contributed by atoms with Gasteiger partial charge in [0.25, 0.3) is 0 Å². The third-order valence-electron chi connectivity index (χ3n) is 2.99.